The van der Waals surface area contributed by atoms with Crippen LogP contribution in [0.4, 0.5) is 0 Å². The molecule has 0 bridgehead atoms. The highest BCUT2D eigenvalue weighted by Gasteiger charge is 0.950. The Morgan fingerprint density at radius 2 is 1.00 bits per heavy atom. The van der Waals surface area contributed by atoms with Crippen molar-refractivity contribution < 1.29 is 0 Å². The molecule has 0 aromatic carbocycles. The minimum Gasteiger partial charge on any atom is -0.0901 e. The van der Waals surface area contributed by atoms with Crippen molar-refractivity contribution in [1.29, 1.82) is 0 Å². The third-order valence-corrected chi connectivity index (χ3v) is 0. The van der Waals surface area contributed by atoms with Crippen LogP contribution < -0.4 is 0 Å². The first-order chi connectivity index (χ1) is 1.00. The monoisotopic (exact) mass is 174 g/mol. The molecule has 4 heavy (non-hydrogen) atoms. The lowest BCUT2D eigenvalue weighted by Crippen LogP contribution is -0.798. The summed E-state index contributed by atoms with van der Waals surface area (Å²) < 4.78 is 0. The first kappa shape index (κ1) is 22.0. The van der Waals surface area contributed by atoms with Crippen LogP contribution in [-0.2, 0) is 0 Å². The van der Waals surface area contributed by atoms with Gasteiger partial charge in [0.2, 0.25) is 0 Å². The molecule has 0 spiro atoms. The largest absolute Gasteiger partial charge is 0.0901 e. The van der Waals surface area contributed by atoms with E-state index < -0.39 is 0 Å². The molecule has 1 heteroatoms. The molecule has 0 rings (SSSR count). The van der Waals surface area contributed by atoms with Crippen molar-refractivity contribution in [3.05, 3.63) is 0 Å². The summed E-state index contributed by atoms with van der Waals surface area (Å²) in [6.45, 7) is 0. The maximum Gasteiger partial charge on any atom is -0.0121 e. The Morgan fingerprint density at radius 3 is 1.00 bits per heavy atom. The van der Waals surface area contributed by atoms with Crippen LogP contribution in [0.1, 0.15) is 14.9 Å². The number of hydrogen-bond acceptors (Lipinski definition) is 0. The number of rotatable bonds is 0. The molecular formula is C3H11I. The number of alkyl halides is 1. The summed E-state index contributed by atoms with van der Waals surface area (Å²) in [5, 5.41) is 0. The third-order valence-electron chi connectivity index (χ3n) is 0. The molecule has 0 aromatic rings. The first-order valence-electron chi connectivity index (χ1n) is 0.378. The first-order valence-corrected chi connectivity index (χ1v) is 2.54. The van der Waals surface area contributed by atoms with Gasteiger partial charge in [-0.1, -0.05) is 37.4 Å². The van der Waals surface area contributed by atoms with Crippen LogP contribution in [0.15, 0.2) is 0 Å². The second-order valence-corrected chi connectivity index (χ2v) is 0. The summed E-state index contributed by atoms with van der Waals surface area (Å²) in [6, 6.07) is 0. The highest BCUT2D eigenvalue weighted by atomic mass is 127. The molecule has 0 saturated carbocycles. The Hall–Kier alpha value is 0.730. The maximum absolute atomic E-state index is 2.15. The smallest absolute Gasteiger partial charge is 0.0121 e. The van der Waals surface area contributed by atoms with Crippen molar-refractivity contribution in [2.24, 2.45) is 0 Å². The third kappa shape index (κ3) is 15.3. The lowest BCUT2D eigenvalue weighted by Gasteiger charge is -1.05. The van der Waals surface area contributed by atoms with Gasteiger partial charge in [0.1, 0.15) is 0 Å². The van der Waals surface area contributed by atoms with Gasteiger partial charge >= 0.3 is 0 Å². The minimum atomic E-state index is 0. The molecule has 0 amide bonds. The van der Waals surface area contributed by atoms with E-state index >= 15 is 0 Å². The topological polar surface area (TPSA) is 0 Å². The normalized spacial score (nSPS) is 1.50. The van der Waals surface area contributed by atoms with Crippen LogP contribution in [0.25, 0.3) is 0 Å². The fourth-order valence-corrected chi connectivity index (χ4v) is 0. The Morgan fingerprint density at radius 1 is 1.00 bits per heavy atom. The highest BCUT2D eigenvalue weighted by Crippen LogP contribution is 1.48. The van der Waals surface area contributed by atoms with Gasteiger partial charge in [-0.05, 0) is 4.93 Å². The van der Waals surface area contributed by atoms with Crippen molar-refractivity contribution in [2.75, 3.05) is 4.93 Å². The number of hydrogen-bond donors (Lipinski definition) is 0. The molecule has 0 aromatic heterocycles. The average Bonchev–Trinajstić information content (AvgIpc) is 1.00. The maximum atomic E-state index is 2.15. The van der Waals surface area contributed by atoms with Gasteiger partial charge in [0.15, 0.2) is 0 Å². The average molecular weight is 174 g/mol. The van der Waals surface area contributed by atoms with E-state index in [9.17, 15) is 0 Å². The van der Waals surface area contributed by atoms with Crippen LogP contribution in [-0.4, -0.2) is 4.93 Å². The molecule has 0 atom stereocenters. The zero-order valence-corrected chi connectivity index (χ0v) is 3.54. The van der Waals surface area contributed by atoms with Gasteiger partial charge in [-0.3, -0.25) is 0 Å². The van der Waals surface area contributed by atoms with Gasteiger partial charge in [-0.15, -0.1) is 0 Å². The van der Waals surface area contributed by atoms with E-state index in [1.807, 2.05) is 4.93 Å². The summed E-state index contributed by atoms with van der Waals surface area (Å²) in [6.07, 6.45) is 0. The van der Waals surface area contributed by atoms with Gasteiger partial charge < -0.3 is 0 Å². The molecule has 30 valence electrons. The highest BCUT2D eigenvalue weighted by molar-refractivity contribution is 14.1. The summed E-state index contributed by atoms with van der Waals surface area (Å²) >= 11 is 2.15. The van der Waals surface area contributed by atoms with Gasteiger partial charge in [0.25, 0.3) is 0 Å². The fourth-order valence-electron chi connectivity index (χ4n) is 0. The predicted molar refractivity (Wildman–Crippen MR) is 33.4 cm³/mol. The second-order valence-electron chi connectivity index (χ2n) is 0. The summed E-state index contributed by atoms with van der Waals surface area (Å²) in [5.41, 5.74) is 0. The van der Waals surface area contributed by atoms with E-state index in [-0.39, 0.29) is 14.9 Å². The van der Waals surface area contributed by atoms with E-state index in [0.29, 0.717) is 0 Å². The van der Waals surface area contributed by atoms with Gasteiger partial charge in [0, 0.05) is 0 Å². The fraction of sp³-hybridized carbons (Fsp3) is 1.00. The molecule has 0 fully saturated rings. The molecule has 0 aliphatic rings. The van der Waals surface area contributed by atoms with Crippen molar-refractivity contribution in [3.8, 4) is 0 Å². The Balaban J connectivity index is -0.00000000500. The van der Waals surface area contributed by atoms with Crippen molar-refractivity contribution >= 4 is 22.6 Å². The molecule has 0 aliphatic heterocycles. The molecule has 0 aliphatic carbocycles. The predicted octanol–water partition coefficient (Wildman–Crippen LogP) is 2.32. The molecular weight excluding hydrogens is 163 g/mol. The lowest BCUT2D eigenvalue weighted by molar-refractivity contribution is 2.50. The quantitative estimate of drug-likeness (QED) is 0.390. The zero-order chi connectivity index (χ0) is 2.00. The van der Waals surface area contributed by atoms with Gasteiger partial charge in [-0.25, -0.2) is 0 Å². The van der Waals surface area contributed by atoms with Crippen molar-refractivity contribution in [2.45, 2.75) is 14.9 Å². The van der Waals surface area contributed by atoms with E-state index in [2.05, 4.69) is 22.6 Å². The van der Waals surface area contributed by atoms with E-state index in [4.69, 9.17) is 0 Å². The van der Waals surface area contributed by atoms with Crippen LogP contribution in [0, 0.1) is 0 Å². The zero-order valence-electron chi connectivity index (χ0n) is 1.38. The molecule has 0 heterocycles. The second kappa shape index (κ2) is 52.2. The number of halogens is 1. The van der Waals surface area contributed by atoms with E-state index in [1.165, 1.54) is 0 Å². The lowest BCUT2D eigenvalue weighted by atomic mass is 12.0. The SMILES string of the molecule is C.C.CI. The van der Waals surface area contributed by atoms with Crippen LogP contribution in [0.3, 0.4) is 0 Å². The molecule has 0 N–H and O–H groups in total. The summed E-state index contributed by atoms with van der Waals surface area (Å²) in [5.74, 6) is 0. The van der Waals surface area contributed by atoms with Crippen molar-refractivity contribution in [3.63, 3.8) is 0 Å². The summed E-state index contributed by atoms with van der Waals surface area (Å²) in [7, 11) is 0. The minimum absolute atomic E-state index is 0. The van der Waals surface area contributed by atoms with Crippen LogP contribution in [0.2, 0.25) is 0 Å². The Labute approximate surface area is 42.7 Å². The van der Waals surface area contributed by atoms with Crippen LogP contribution in [0.5, 0.6) is 0 Å². The van der Waals surface area contributed by atoms with E-state index in [1.54, 1.807) is 0 Å². The summed E-state index contributed by atoms with van der Waals surface area (Å²) in [4.78, 5) is 1.97. The van der Waals surface area contributed by atoms with Gasteiger partial charge in [0.05, 0.1) is 0 Å². The molecule has 0 nitrogen and oxygen atoms in total. The standard InChI is InChI=1S/CH3I.2CH4/c1-2;;/h1H3;2*1H4. The van der Waals surface area contributed by atoms with Crippen molar-refractivity contribution in [1.82, 2.24) is 0 Å². The Bertz CT molecular complexity index is 3.25. The molecule has 0 saturated heterocycles. The molecule has 0 unspecified atom stereocenters. The van der Waals surface area contributed by atoms with Gasteiger partial charge in [-0.2, -0.15) is 0 Å². The molecule has 0 radical (unpaired) electrons. The Kier molecular flexibility index (Phi) is 287. The van der Waals surface area contributed by atoms with Crippen LogP contribution >= 0.6 is 22.6 Å². The van der Waals surface area contributed by atoms with E-state index in [0.717, 1.165) is 0 Å².